The van der Waals surface area contributed by atoms with E-state index in [0.717, 1.165) is 12.8 Å². The van der Waals surface area contributed by atoms with E-state index in [0.29, 0.717) is 12.3 Å². The summed E-state index contributed by atoms with van der Waals surface area (Å²) in [7, 11) is 0. The number of carboxylic acids is 1. The van der Waals surface area contributed by atoms with Crippen molar-refractivity contribution in [2.24, 2.45) is 5.92 Å². The van der Waals surface area contributed by atoms with Gasteiger partial charge in [0.25, 0.3) is 0 Å². The Hall–Kier alpha value is -1.55. The van der Waals surface area contributed by atoms with Crippen LogP contribution in [-0.4, -0.2) is 17.0 Å². The van der Waals surface area contributed by atoms with Gasteiger partial charge in [-0.3, -0.25) is 4.79 Å². The van der Waals surface area contributed by atoms with Crippen molar-refractivity contribution in [3.05, 3.63) is 28.8 Å². The van der Waals surface area contributed by atoms with E-state index in [2.05, 4.69) is 5.32 Å². The van der Waals surface area contributed by atoms with Gasteiger partial charge in [0.1, 0.15) is 5.56 Å². The van der Waals surface area contributed by atoms with Crippen LogP contribution in [0.25, 0.3) is 0 Å². The summed E-state index contributed by atoms with van der Waals surface area (Å²) in [5.41, 5.74) is 0.219. The fourth-order valence-corrected chi connectivity index (χ4v) is 2.96. The highest BCUT2D eigenvalue weighted by Crippen LogP contribution is 2.28. The van der Waals surface area contributed by atoms with Crippen LogP contribution in [0, 0.1) is 5.92 Å². The van der Waals surface area contributed by atoms with E-state index in [1.165, 1.54) is 25.3 Å². The smallest absolute Gasteiger partial charge is 0.339 e. The maximum absolute atomic E-state index is 12.0. The molecule has 1 aromatic rings. The number of benzene rings is 1. The number of aromatic carboxylic acids is 1. The third kappa shape index (κ3) is 3.73. The summed E-state index contributed by atoms with van der Waals surface area (Å²) in [6, 6.07) is 4.70. The summed E-state index contributed by atoms with van der Waals surface area (Å²) in [5.74, 6) is -0.860. The lowest BCUT2D eigenvalue weighted by molar-refractivity contribution is -0.117. The van der Waals surface area contributed by atoms with E-state index in [-0.39, 0.29) is 22.2 Å². The van der Waals surface area contributed by atoms with Crippen molar-refractivity contribution in [2.75, 3.05) is 5.32 Å². The van der Waals surface area contributed by atoms with E-state index in [1.807, 2.05) is 0 Å². The minimum Gasteiger partial charge on any atom is -0.478 e. The van der Waals surface area contributed by atoms with Crippen molar-refractivity contribution in [1.29, 1.82) is 0 Å². The van der Waals surface area contributed by atoms with Gasteiger partial charge in [-0.25, -0.2) is 4.79 Å². The molecule has 0 aliphatic heterocycles. The predicted molar refractivity (Wildman–Crippen MR) is 78.2 cm³/mol. The molecule has 4 nitrogen and oxygen atoms in total. The summed E-state index contributed by atoms with van der Waals surface area (Å²) in [6.45, 7) is 0. The average molecular weight is 296 g/mol. The van der Waals surface area contributed by atoms with E-state index in [4.69, 9.17) is 16.7 Å². The Morgan fingerprint density at radius 3 is 2.60 bits per heavy atom. The van der Waals surface area contributed by atoms with Gasteiger partial charge in [0.2, 0.25) is 5.91 Å². The molecule has 0 spiro atoms. The number of hydrogen-bond donors (Lipinski definition) is 2. The Morgan fingerprint density at radius 1 is 1.25 bits per heavy atom. The molecule has 0 bridgehead atoms. The molecule has 0 radical (unpaired) electrons. The molecule has 2 N–H and O–H groups in total. The maximum Gasteiger partial charge on any atom is 0.339 e. The van der Waals surface area contributed by atoms with Crippen LogP contribution in [0.5, 0.6) is 0 Å². The molecule has 5 heteroatoms. The molecular weight excluding hydrogens is 278 g/mol. The first-order valence-corrected chi connectivity index (χ1v) is 7.27. The molecule has 1 amide bonds. The highest BCUT2D eigenvalue weighted by atomic mass is 35.5. The van der Waals surface area contributed by atoms with Gasteiger partial charge in [0.15, 0.2) is 0 Å². The first-order chi connectivity index (χ1) is 9.58. The fourth-order valence-electron chi connectivity index (χ4n) is 2.70. The van der Waals surface area contributed by atoms with Crippen LogP contribution in [0.3, 0.4) is 0 Å². The molecule has 108 valence electrons. The minimum atomic E-state index is -1.14. The highest BCUT2D eigenvalue weighted by Gasteiger charge is 2.20. The van der Waals surface area contributed by atoms with Crippen LogP contribution in [0.1, 0.15) is 48.9 Å². The molecule has 0 aromatic heterocycles. The molecule has 1 saturated carbocycles. The molecular formula is C15H18ClNO3. The van der Waals surface area contributed by atoms with Crippen LogP contribution in [0.4, 0.5) is 5.69 Å². The Morgan fingerprint density at radius 2 is 1.95 bits per heavy atom. The van der Waals surface area contributed by atoms with Gasteiger partial charge in [0.05, 0.1) is 10.7 Å². The van der Waals surface area contributed by atoms with Gasteiger partial charge in [-0.15, -0.1) is 0 Å². The second-order valence-corrected chi connectivity index (χ2v) is 5.63. The van der Waals surface area contributed by atoms with Crippen molar-refractivity contribution in [3.63, 3.8) is 0 Å². The van der Waals surface area contributed by atoms with E-state index < -0.39 is 5.97 Å². The molecule has 2 rings (SSSR count). The van der Waals surface area contributed by atoms with Gasteiger partial charge in [-0.05, 0) is 30.9 Å². The molecule has 0 atom stereocenters. The van der Waals surface area contributed by atoms with Crippen LogP contribution in [-0.2, 0) is 4.79 Å². The SMILES string of the molecule is O=C(CC1CCCCC1)Nc1cccc(Cl)c1C(=O)O. The predicted octanol–water partition coefficient (Wildman–Crippen LogP) is 3.95. The number of carbonyl (C=O) groups is 2. The van der Waals surface area contributed by atoms with Crippen molar-refractivity contribution in [2.45, 2.75) is 38.5 Å². The zero-order valence-electron chi connectivity index (χ0n) is 11.2. The van der Waals surface area contributed by atoms with Gasteiger partial charge < -0.3 is 10.4 Å². The van der Waals surface area contributed by atoms with Gasteiger partial charge in [-0.2, -0.15) is 0 Å². The Labute approximate surface area is 123 Å². The number of rotatable bonds is 4. The van der Waals surface area contributed by atoms with E-state index in [1.54, 1.807) is 12.1 Å². The molecule has 0 heterocycles. The number of anilines is 1. The van der Waals surface area contributed by atoms with Crippen molar-refractivity contribution < 1.29 is 14.7 Å². The van der Waals surface area contributed by atoms with Crippen LogP contribution >= 0.6 is 11.6 Å². The van der Waals surface area contributed by atoms with Crippen LogP contribution < -0.4 is 5.32 Å². The van der Waals surface area contributed by atoms with Crippen LogP contribution in [0.2, 0.25) is 5.02 Å². The number of carbonyl (C=O) groups excluding carboxylic acids is 1. The Bertz CT molecular complexity index is 510. The van der Waals surface area contributed by atoms with Gasteiger partial charge >= 0.3 is 5.97 Å². The molecule has 1 aliphatic carbocycles. The number of hydrogen-bond acceptors (Lipinski definition) is 2. The lowest BCUT2D eigenvalue weighted by atomic mass is 9.87. The first kappa shape index (κ1) is 14.9. The molecule has 0 unspecified atom stereocenters. The Balaban J connectivity index is 2.04. The first-order valence-electron chi connectivity index (χ1n) is 6.89. The maximum atomic E-state index is 12.0. The zero-order valence-corrected chi connectivity index (χ0v) is 11.9. The number of amides is 1. The van der Waals surface area contributed by atoms with Crippen molar-refractivity contribution in [1.82, 2.24) is 0 Å². The lowest BCUT2D eigenvalue weighted by Gasteiger charge is -2.21. The summed E-state index contributed by atoms with van der Waals surface area (Å²) in [5, 5.41) is 12.0. The standard InChI is InChI=1S/C15H18ClNO3/c16-11-7-4-8-12(14(11)15(19)20)17-13(18)9-10-5-2-1-3-6-10/h4,7-8,10H,1-3,5-6,9H2,(H,17,18)(H,19,20). The molecule has 0 saturated heterocycles. The molecule has 20 heavy (non-hydrogen) atoms. The lowest BCUT2D eigenvalue weighted by Crippen LogP contribution is -2.19. The monoisotopic (exact) mass is 295 g/mol. The number of carboxylic acid groups (broad SMARTS) is 1. The number of halogens is 1. The number of nitrogens with one attached hydrogen (secondary N) is 1. The van der Waals surface area contributed by atoms with Crippen LogP contribution in [0.15, 0.2) is 18.2 Å². The second kappa shape index (κ2) is 6.75. The third-order valence-corrected chi connectivity index (χ3v) is 4.02. The van der Waals surface area contributed by atoms with Gasteiger partial charge in [0, 0.05) is 6.42 Å². The summed E-state index contributed by atoms with van der Waals surface area (Å²) < 4.78 is 0. The topological polar surface area (TPSA) is 66.4 Å². The normalized spacial score (nSPS) is 15.8. The molecule has 1 fully saturated rings. The minimum absolute atomic E-state index is 0.0499. The quantitative estimate of drug-likeness (QED) is 0.884. The van der Waals surface area contributed by atoms with Gasteiger partial charge in [-0.1, -0.05) is 36.9 Å². The third-order valence-electron chi connectivity index (χ3n) is 3.70. The fraction of sp³-hybridized carbons (Fsp3) is 0.467. The van der Waals surface area contributed by atoms with E-state index >= 15 is 0 Å². The summed E-state index contributed by atoms with van der Waals surface area (Å²) in [4.78, 5) is 23.2. The summed E-state index contributed by atoms with van der Waals surface area (Å²) >= 11 is 5.87. The summed E-state index contributed by atoms with van der Waals surface area (Å²) in [6.07, 6.45) is 6.20. The van der Waals surface area contributed by atoms with Crippen molar-refractivity contribution in [3.8, 4) is 0 Å². The van der Waals surface area contributed by atoms with E-state index in [9.17, 15) is 9.59 Å². The zero-order chi connectivity index (χ0) is 14.5. The highest BCUT2D eigenvalue weighted by molar-refractivity contribution is 6.34. The second-order valence-electron chi connectivity index (χ2n) is 5.22. The Kier molecular flexibility index (Phi) is 5.01. The largest absolute Gasteiger partial charge is 0.478 e. The van der Waals surface area contributed by atoms with Crippen molar-refractivity contribution >= 4 is 29.2 Å². The molecule has 1 aromatic carbocycles. The average Bonchev–Trinajstić information content (AvgIpc) is 2.39. The molecule has 1 aliphatic rings.